The Morgan fingerprint density at radius 1 is 1.21 bits per heavy atom. The number of halogens is 4. The smallest absolute Gasteiger partial charge is 0.421 e. The third-order valence-corrected chi connectivity index (χ3v) is 8.19. The van der Waals surface area contributed by atoms with E-state index < -0.39 is 20.1 Å². The number of rotatable bonds is 2. The highest BCUT2D eigenvalue weighted by molar-refractivity contribution is 14.1. The molecule has 0 atom stereocenters. The van der Waals surface area contributed by atoms with Crippen molar-refractivity contribution in [3.63, 3.8) is 0 Å². The van der Waals surface area contributed by atoms with E-state index in [1.165, 1.54) is 6.20 Å². The molecule has 0 saturated carbocycles. The van der Waals surface area contributed by atoms with Gasteiger partial charge in [-0.2, -0.15) is 13.2 Å². The van der Waals surface area contributed by atoms with Crippen molar-refractivity contribution < 1.29 is 17.6 Å². The molecule has 1 aromatic heterocycles. The molecule has 7 heteroatoms. The average molecular weight is 403 g/mol. The lowest BCUT2D eigenvalue weighted by atomic mass is 10.2. The van der Waals surface area contributed by atoms with E-state index in [2.05, 4.69) is 4.98 Å². The van der Waals surface area contributed by atoms with Crippen molar-refractivity contribution in [3.8, 4) is 5.88 Å². The summed E-state index contributed by atoms with van der Waals surface area (Å²) in [4.78, 5) is 3.83. The van der Waals surface area contributed by atoms with Crippen LogP contribution in [0.25, 0.3) is 0 Å². The van der Waals surface area contributed by atoms with Gasteiger partial charge in [0, 0.05) is 9.77 Å². The molecule has 0 N–H and O–H groups in total. The zero-order chi connectivity index (χ0) is 15.1. The highest BCUT2D eigenvalue weighted by atomic mass is 127. The van der Waals surface area contributed by atoms with Crippen LogP contribution < -0.4 is 4.43 Å². The van der Waals surface area contributed by atoms with E-state index in [4.69, 9.17) is 4.43 Å². The van der Waals surface area contributed by atoms with E-state index in [0.29, 0.717) is 3.57 Å². The van der Waals surface area contributed by atoms with Gasteiger partial charge in [0.1, 0.15) is 5.56 Å². The van der Waals surface area contributed by atoms with E-state index in [1.807, 2.05) is 56.5 Å². The normalized spacial score (nSPS) is 13.5. The van der Waals surface area contributed by atoms with Gasteiger partial charge < -0.3 is 4.43 Å². The molecule has 1 aromatic rings. The topological polar surface area (TPSA) is 22.1 Å². The first-order chi connectivity index (χ1) is 8.34. The first-order valence-electron chi connectivity index (χ1n) is 5.76. The number of aromatic nitrogens is 1. The molecule has 0 fully saturated rings. The maximum absolute atomic E-state index is 13.0. The van der Waals surface area contributed by atoms with Gasteiger partial charge in [0.15, 0.2) is 0 Å². The molecule has 0 aliphatic carbocycles. The third-order valence-electron chi connectivity index (χ3n) is 3.28. The Bertz CT molecular complexity index is 469. The molecular formula is C12H17F3INOSi. The minimum Gasteiger partial charge on any atom is -0.530 e. The van der Waals surface area contributed by atoms with E-state index in [9.17, 15) is 13.2 Å². The maximum Gasteiger partial charge on any atom is 0.421 e. The number of pyridine rings is 1. The van der Waals surface area contributed by atoms with Crippen LogP contribution in [0.5, 0.6) is 5.88 Å². The van der Waals surface area contributed by atoms with Crippen LogP contribution in [0.15, 0.2) is 12.3 Å². The minimum absolute atomic E-state index is 0.180. The van der Waals surface area contributed by atoms with Crippen LogP contribution in [0.3, 0.4) is 0 Å². The molecule has 0 unspecified atom stereocenters. The van der Waals surface area contributed by atoms with Crippen LogP contribution in [0.4, 0.5) is 13.2 Å². The number of alkyl halides is 3. The van der Waals surface area contributed by atoms with Crippen molar-refractivity contribution in [2.75, 3.05) is 0 Å². The number of hydrogen-bond donors (Lipinski definition) is 0. The van der Waals surface area contributed by atoms with Gasteiger partial charge in [0.05, 0.1) is 0 Å². The van der Waals surface area contributed by atoms with Crippen LogP contribution in [0, 0.1) is 3.57 Å². The highest BCUT2D eigenvalue weighted by Gasteiger charge is 2.42. The summed E-state index contributed by atoms with van der Waals surface area (Å²) >= 11 is 1.81. The molecule has 2 nitrogen and oxygen atoms in total. The van der Waals surface area contributed by atoms with Gasteiger partial charge in [-0.3, -0.25) is 0 Å². The van der Waals surface area contributed by atoms with Crippen molar-refractivity contribution in [3.05, 3.63) is 21.4 Å². The van der Waals surface area contributed by atoms with Crippen molar-refractivity contribution in [2.24, 2.45) is 0 Å². The quantitative estimate of drug-likeness (QED) is 0.507. The van der Waals surface area contributed by atoms with Crippen molar-refractivity contribution in [1.29, 1.82) is 0 Å². The minimum atomic E-state index is -4.45. The predicted octanol–water partition coefficient (Wildman–Crippen LogP) is 5.09. The fourth-order valence-corrected chi connectivity index (χ4v) is 2.51. The predicted molar refractivity (Wildman–Crippen MR) is 79.8 cm³/mol. The number of hydrogen-bond acceptors (Lipinski definition) is 2. The molecular weight excluding hydrogens is 386 g/mol. The molecule has 0 aliphatic rings. The number of nitrogens with zero attached hydrogens (tertiary/aromatic N) is 1. The molecule has 0 spiro atoms. The summed E-state index contributed by atoms with van der Waals surface area (Å²) in [6.07, 6.45) is -3.07. The maximum atomic E-state index is 13.0. The Balaban J connectivity index is 3.23. The second kappa shape index (κ2) is 5.23. The standard InChI is InChI=1S/C12H17F3INOSi/c1-11(2,3)19(4,5)18-10-9(12(13,14)15)6-8(16)7-17-10/h6-7H,1-5H3. The fraction of sp³-hybridized carbons (Fsp3) is 0.583. The molecule has 108 valence electrons. The fourth-order valence-electron chi connectivity index (χ4n) is 1.11. The summed E-state index contributed by atoms with van der Waals surface area (Å²) in [5.74, 6) is -0.306. The van der Waals surface area contributed by atoms with Crippen LogP contribution in [0.1, 0.15) is 26.3 Å². The van der Waals surface area contributed by atoms with Crippen molar-refractivity contribution >= 4 is 30.9 Å². The summed E-state index contributed by atoms with van der Waals surface area (Å²) in [6.45, 7) is 9.71. The average Bonchev–Trinajstić information content (AvgIpc) is 2.17. The van der Waals surface area contributed by atoms with Crippen LogP contribution in [-0.4, -0.2) is 13.3 Å². The molecule has 0 saturated heterocycles. The van der Waals surface area contributed by atoms with Crippen molar-refractivity contribution in [2.45, 2.75) is 45.1 Å². The lowest BCUT2D eigenvalue weighted by molar-refractivity contribution is -0.138. The molecule has 0 amide bonds. The second-order valence-electron chi connectivity index (χ2n) is 5.87. The molecule has 19 heavy (non-hydrogen) atoms. The zero-order valence-corrected chi connectivity index (χ0v) is 14.7. The second-order valence-corrected chi connectivity index (χ2v) is 11.8. The summed E-state index contributed by atoms with van der Waals surface area (Å²) in [7, 11) is -2.34. The zero-order valence-electron chi connectivity index (χ0n) is 11.5. The summed E-state index contributed by atoms with van der Waals surface area (Å²) in [5, 5.41) is -0.180. The van der Waals surface area contributed by atoms with Gasteiger partial charge in [0.2, 0.25) is 5.88 Å². The van der Waals surface area contributed by atoms with E-state index in [1.54, 1.807) is 0 Å². The first kappa shape index (κ1) is 16.7. The molecule has 0 aliphatic heterocycles. The van der Waals surface area contributed by atoms with Gasteiger partial charge in [-0.1, -0.05) is 20.8 Å². The Labute approximate surface area is 126 Å². The Morgan fingerprint density at radius 3 is 2.16 bits per heavy atom. The Kier molecular flexibility index (Phi) is 4.61. The molecule has 0 aromatic carbocycles. The van der Waals surface area contributed by atoms with Gasteiger partial charge in [-0.25, -0.2) is 4.98 Å². The monoisotopic (exact) mass is 403 g/mol. The molecule has 1 heterocycles. The third kappa shape index (κ3) is 4.07. The molecule has 0 bridgehead atoms. The summed E-state index contributed by atoms with van der Waals surface area (Å²) in [5.41, 5.74) is -0.802. The molecule has 1 rings (SSSR count). The van der Waals surface area contributed by atoms with Crippen LogP contribution in [0.2, 0.25) is 18.1 Å². The van der Waals surface area contributed by atoms with Gasteiger partial charge in [0.25, 0.3) is 8.32 Å². The van der Waals surface area contributed by atoms with Crippen molar-refractivity contribution in [1.82, 2.24) is 4.98 Å². The van der Waals surface area contributed by atoms with E-state index in [-0.39, 0.29) is 10.9 Å². The van der Waals surface area contributed by atoms with Gasteiger partial charge >= 0.3 is 6.18 Å². The van der Waals surface area contributed by atoms with Gasteiger partial charge in [-0.05, 0) is 46.8 Å². The van der Waals surface area contributed by atoms with E-state index in [0.717, 1.165) is 6.07 Å². The Morgan fingerprint density at radius 2 is 1.74 bits per heavy atom. The van der Waals surface area contributed by atoms with Crippen LogP contribution in [-0.2, 0) is 6.18 Å². The molecule has 0 radical (unpaired) electrons. The highest BCUT2D eigenvalue weighted by Crippen LogP contribution is 2.41. The summed E-state index contributed by atoms with van der Waals surface area (Å²) < 4.78 is 45.1. The first-order valence-corrected chi connectivity index (χ1v) is 9.75. The van der Waals surface area contributed by atoms with Gasteiger partial charge in [-0.15, -0.1) is 0 Å². The largest absolute Gasteiger partial charge is 0.530 e. The lowest BCUT2D eigenvalue weighted by Crippen LogP contribution is -2.44. The van der Waals surface area contributed by atoms with Crippen LogP contribution >= 0.6 is 22.6 Å². The lowest BCUT2D eigenvalue weighted by Gasteiger charge is -2.36. The Hall–Kier alpha value is -0.313. The SMILES string of the molecule is CC(C)(C)[Si](C)(C)Oc1ncc(I)cc1C(F)(F)F. The van der Waals surface area contributed by atoms with E-state index >= 15 is 0 Å². The summed E-state index contributed by atoms with van der Waals surface area (Å²) in [6, 6.07) is 1.07.